The first-order valence-electron chi connectivity index (χ1n) is 7.60. The molecule has 27 heavy (non-hydrogen) atoms. The smallest absolute Gasteiger partial charge is 0.341 e. The van der Waals surface area contributed by atoms with Gasteiger partial charge in [-0.1, -0.05) is 35.5 Å². The molecule has 0 aliphatic rings. The van der Waals surface area contributed by atoms with Gasteiger partial charge in [0.25, 0.3) is 0 Å². The van der Waals surface area contributed by atoms with E-state index in [-0.39, 0.29) is 11.7 Å². The number of carbonyl (C=O) groups excluding carboxylic acids is 2. The molecule has 3 rings (SSSR count). The van der Waals surface area contributed by atoms with Crippen LogP contribution in [0.4, 0.5) is 5.00 Å². The van der Waals surface area contributed by atoms with E-state index >= 15 is 0 Å². The number of rotatable bonds is 6. The van der Waals surface area contributed by atoms with Gasteiger partial charge in [0.1, 0.15) is 10.6 Å². The van der Waals surface area contributed by atoms with E-state index in [0.29, 0.717) is 26.3 Å². The Morgan fingerprint density at radius 1 is 1.33 bits per heavy atom. The number of methoxy groups -OCH3 is 1. The molecule has 0 fully saturated rings. The summed E-state index contributed by atoms with van der Waals surface area (Å²) in [5.41, 5.74) is 1.78. The summed E-state index contributed by atoms with van der Waals surface area (Å²) in [6, 6.07) is 7.08. The minimum atomic E-state index is -0.526. The summed E-state index contributed by atoms with van der Waals surface area (Å²) >= 11 is 8.37. The van der Waals surface area contributed by atoms with Crippen molar-refractivity contribution in [1.29, 1.82) is 0 Å². The Morgan fingerprint density at radius 2 is 2.07 bits per heavy atom. The van der Waals surface area contributed by atoms with Crippen molar-refractivity contribution in [3.63, 3.8) is 0 Å². The summed E-state index contributed by atoms with van der Waals surface area (Å²) in [4.78, 5) is 24.6. The molecule has 0 saturated heterocycles. The van der Waals surface area contributed by atoms with Gasteiger partial charge in [-0.25, -0.2) is 9.48 Å². The zero-order valence-electron chi connectivity index (χ0n) is 14.3. The number of carbonyl (C=O) groups is 2. The van der Waals surface area contributed by atoms with Crippen molar-refractivity contribution in [2.75, 3.05) is 18.2 Å². The highest BCUT2D eigenvalue weighted by Gasteiger charge is 2.22. The maximum Gasteiger partial charge on any atom is 0.341 e. The summed E-state index contributed by atoms with van der Waals surface area (Å²) in [5, 5.41) is 17.1. The third-order valence-electron chi connectivity index (χ3n) is 3.50. The van der Waals surface area contributed by atoms with E-state index in [1.807, 2.05) is 0 Å². The molecule has 0 unspecified atom stereocenters. The van der Waals surface area contributed by atoms with E-state index in [2.05, 4.69) is 20.8 Å². The van der Waals surface area contributed by atoms with Crippen LogP contribution in [0, 0.1) is 0 Å². The van der Waals surface area contributed by atoms with E-state index < -0.39 is 5.97 Å². The standard InChI is InChI=1S/C16H14ClN5O3S2/c1-22-16(19-20-21-22)27-8-12(23)18-14-13(15(24)25-2)11(7-26-14)9-3-5-10(17)6-4-9/h3-7H,8H2,1-2H3,(H,18,23). The fraction of sp³-hybridized carbons (Fsp3) is 0.188. The highest BCUT2D eigenvalue weighted by molar-refractivity contribution is 7.99. The lowest BCUT2D eigenvalue weighted by Gasteiger charge is -2.07. The number of thioether (sulfide) groups is 1. The second-order valence-electron chi connectivity index (χ2n) is 5.27. The monoisotopic (exact) mass is 423 g/mol. The Kier molecular flexibility index (Phi) is 6.09. The van der Waals surface area contributed by atoms with Gasteiger partial charge in [0.15, 0.2) is 0 Å². The number of aryl methyl sites for hydroxylation is 1. The topological polar surface area (TPSA) is 99.0 Å². The van der Waals surface area contributed by atoms with E-state index in [0.717, 1.165) is 5.56 Å². The van der Waals surface area contributed by atoms with Gasteiger partial charge in [0.2, 0.25) is 11.1 Å². The number of thiophene rings is 1. The summed E-state index contributed by atoms with van der Waals surface area (Å²) in [5.74, 6) is -0.706. The maximum atomic E-state index is 12.3. The predicted octanol–water partition coefficient (Wildman–Crippen LogP) is 3.11. The lowest BCUT2D eigenvalue weighted by atomic mass is 10.0. The van der Waals surface area contributed by atoms with Crippen LogP contribution in [0.15, 0.2) is 34.8 Å². The van der Waals surface area contributed by atoms with Gasteiger partial charge in [-0.2, -0.15) is 0 Å². The second kappa shape index (κ2) is 8.51. The van der Waals surface area contributed by atoms with Gasteiger partial charge in [0, 0.05) is 23.0 Å². The molecule has 1 N–H and O–H groups in total. The number of nitrogens with one attached hydrogen (secondary N) is 1. The number of halogens is 1. The number of hydrogen-bond donors (Lipinski definition) is 1. The fourth-order valence-corrected chi connectivity index (χ4v) is 3.98. The van der Waals surface area contributed by atoms with Crippen LogP contribution in [0.1, 0.15) is 10.4 Å². The van der Waals surface area contributed by atoms with Crippen molar-refractivity contribution in [3.8, 4) is 11.1 Å². The van der Waals surface area contributed by atoms with Crippen LogP contribution >= 0.6 is 34.7 Å². The predicted molar refractivity (Wildman–Crippen MR) is 104 cm³/mol. The first-order chi connectivity index (χ1) is 13.0. The van der Waals surface area contributed by atoms with Crippen LogP contribution in [-0.4, -0.2) is 44.9 Å². The molecule has 0 radical (unpaired) electrons. The average molecular weight is 424 g/mol. The minimum absolute atomic E-state index is 0.100. The molecule has 0 bridgehead atoms. The normalized spacial score (nSPS) is 10.6. The van der Waals surface area contributed by atoms with Crippen LogP contribution in [-0.2, 0) is 16.6 Å². The molecule has 0 aliphatic heterocycles. The molecular formula is C16H14ClN5O3S2. The van der Waals surface area contributed by atoms with Crippen LogP contribution < -0.4 is 5.32 Å². The number of tetrazole rings is 1. The zero-order valence-corrected chi connectivity index (χ0v) is 16.7. The van der Waals surface area contributed by atoms with Crippen molar-refractivity contribution in [2.24, 2.45) is 7.05 Å². The van der Waals surface area contributed by atoms with Gasteiger partial charge in [-0.15, -0.1) is 16.4 Å². The zero-order chi connectivity index (χ0) is 19.4. The van der Waals surface area contributed by atoms with Gasteiger partial charge in [-0.3, -0.25) is 4.79 Å². The van der Waals surface area contributed by atoms with Gasteiger partial charge in [-0.05, 0) is 28.1 Å². The van der Waals surface area contributed by atoms with E-state index in [4.69, 9.17) is 16.3 Å². The summed E-state index contributed by atoms with van der Waals surface area (Å²) in [6.07, 6.45) is 0. The second-order valence-corrected chi connectivity index (χ2v) is 7.53. The van der Waals surface area contributed by atoms with Crippen molar-refractivity contribution in [1.82, 2.24) is 20.2 Å². The summed E-state index contributed by atoms with van der Waals surface area (Å²) in [6.45, 7) is 0. The molecule has 1 amide bonds. The molecule has 11 heteroatoms. The first kappa shape index (κ1) is 19.3. The van der Waals surface area contributed by atoms with E-state index in [9.17, 15) is 9.59 Å². The molecule has 0 aliphatic carbocycles. The van der Waals surface area contributed by atoms with Crippen molar-refractivity contribution in [3.05, 3.63) is 40.2 Å². The number of amides is 1. The Morgan fingerprint density at radius 3 is 2.70 bits per heavy atom. The largest absolute Gasteiger partial charge is 0.465 e. The molecule has 140 valence electrons. The number of ether oxygens (including phenoxy) is 1. The number of nitrogens with zero attached hydrogens (tertiary/aromatic N) is 4. The van der Waals surface area contributed by atoms with Crippen molar-refractivity contribution >= 4 is 51.6 Å². The molecule has 2 aromatic heterocycles. The number of benzene rings is 1. The SMILES string of the molecule is COC(=O)c1c(-c2ccc(Cl)cc2)csc1NC(=O)CSc1nnnn1C. The van der Waals surface area contributed by atoms with Gasteiger partial charge < -0.3 is 10.1 Å². The lowest BCUT2D eigenvalue weighted by molar-refractivity contribution is -0.113. The molecule has 1 aromatic carbocycles. The van der Waals surface area contributed by atoms with Crippen LogP contribution in [0.2, 0.25) is 5.02 Å². The molecule has 8 nitrogen and oxygen atoms in total. The van der Waals surface area contributed by atoms with Crippen molar-refractivity contribution in [2.45, 2.75) is 5.16 Å². The third-order valence-corrected chi connectivity index (χ3v) is 5.66. The first-order valence-corrected chi connectivity index (χ1v) is 9.84. The molecule has 3 aromatic rings. The van der Waals surface area contributed by atoms with Gasteiger partial charge in [0.05, 0.1) is 12.9 Å². The maximum absolute atomic E-state index is 12.3. The van der Waals surface area contributed by atoms with E-state index in [1.165, 1.54) is 34.9 Å². The highest BCUT2D eigenvalue weighted by atomic mass is 35.5. The number of hydrogen-bond acceptors (Lipinski definition) is 8. The van der Waals surface area contributed by atoms with Crippen LogP contribution in [0.5, 0.6) is 0 Å². The third kappa shape index (κ3) is 4.46. The highest BCUT2D eigenvalue weighted by Crippen LogP contribution is 2.36. The molecule has 2 heterocycles. The number of aromatic nitrogens is 4. The molecule has 0 spiro atoms. The molecular weight excluding hydrogens is 410 g/mol. The van der Waals surface area contributed by atoms with Gasteiger partial charge >= 0.3 is 5.97 Å². The van der Waals surface area contributed by atoms with E-state index in [1.54, 1.807) is 36.7 Å². The Bertz CT molecular complexity index is 971. The number of anilines is 1. The molecule has 0 atom stereocenters. The van der Waals surface area contributed by atoms with Crippen molar-refractivity contribution < 1.29 is 14.3 Å². The van der Waals surface area contributed by atoms with Crippen LogP contribution in [0.25, 0.3) is 11.1 Å². The Hall–Kier alpha value is -2.43. The Balaban J connectivity index is 1.80. The quantitative estimate of drug-likeness (QED) is 0.480. The minimum Gasteiger partial charge on any atom is -0.465 e. The fourth-order valence-electron chi connectivity index (χ4n) is 2.23. The average Bonchev–Trinajstić information content (AvgIpc) is 3.26. The lowest BCUT2D eigenvalue weighted by Crippen LogP contribution is -2.16. The number of esters is 1. The summed E-state index contributed by atoms with van der Waals surface area (Å²) < 4.78 is 6.37. The summed E-state index contributed by atoms with van der Waals surface area (Å²) in [7, 11) is 2.99. The Labute approximate surface area is 167 Å². The molecule has 0 saturated carbocycles. The van der Waals surface area contributed by atoms with Crippen LogP contribution in [0.3, 0.4) is 0 Å².